The lowest BCUT2D eigenvalue weighted by atomic mass is 9.92. The SMILES string of the molecule is CC(C)(C)c1cc(NC(=O)c2ccn(CC(F)F)n2)n(Cc2ccccc2)n1. The third-order valence-corrected chi connectivity index (χ3v) is 4.16. The van der Waals surface area contributed by atoms with E-state index >= 15 is 0 Å². The van der Waals surface area contributed by atoms with Crippen molar-refractivity contribution in [3.8, 4) is 0 Å². The van der Waals surface area contributed by atoms with Crippen LogP contribution >= 0.6 is 0 Å². The van der Waals surface area contributed by atoms with Gasteiger partial charge in [-0.2, -0.15) is 10.2 Å². The van der Waals surface area contributed by atoms with E-state index in [-0.39, 0.29) is 11.1 Å². The van der Waals surface area contributed by atoms with Crippen LogP contribution in [-0.2, 0) is 18.5 Å². The van der Waals surface area contributed by atoms with Gasteiger partial charge in [0, 0.05) is 17.7 Å². The van der Waals surface area contributed by atoms with Crippen molar-refractivity contribution < 1.29 is 13.6 Å². The normalized spacial score (nSPS) is 11.8. The monoisotopic (exact) mass is 387 g/mol. The van der Waals surface area contributed by atoms with Gasteiger partial charge < -0.3 is 5.32 Å². The van der Waals surface area contributed by atoms with Gasteiger partial charge in [0.15, 0.2) is 5.69 Å². The van der Waals surface area contributed by atoms with E-state index < -0.39 is 18.9 Å². The molecule has 0 fully saturated rings. The fourth-order valence-corrected chi connectivity index (χ4v) is 2.67. The predicted octanol–water partition coefficient (Wildman–Crippen LogP) is 3.94. The van der Waals surface area contributed by atoms with Crippen molar-refractivity contribution in [3.63, 3.8) is 0 Å². The molecule has 8 heteroatoms. The zero-order chi connectivity index (χ0) is 20.3. The van der Waals surface area contributed by atoms with Crippen LogP contribution in [0.5, 0.6) is 0 Å². The van der Waals surface area contributed by atoms with Gasteiger partial charge in [-0.1, -0.05) is 51.1 Å². The van der Waals surface area contributed by atoms with Gasteiger partial charge in [-0.25, -0.2) is 13.5 Å². The minimum atomic E-state index is -2.53. The number of benzene rings is 1. The van der Waals surface area contributed by atoms with Crippen LogP contribution in [0.25, 0.3) is 0 Å². The second-order valence-corrected chi connectivity index (χ2v) is 7.58. The maximum Gasteiger partial charge on any atom is 0.277 e. The molecule has 0 unspecified atom stereocenters. The molecule has 3 aromatic rings. The van der Waals surface area contributed by atoms with E-state index in [1.165, 1.54) is 12.3 Å². The van der Waals surface area contributed by atoms with Gasteiger partial charge in [-0.05, 0) is 11.6 Å². The Morgan fingerprint density at radius 3 is 2.50 bits per heavy atom. The molecule has 2 heterocycles. The molecule has 1 aromatic carbocycles. The molecule has 0 saturated carbocycles. The number of amides is 1. The molecule has 0 saturated heterocycles. The maximum absolute atomic E-state index is 12.6. The summed E-state index contributed by atoms with van der Waals surface area (Å²) < 4.78 is 27.7. The van der Waals surface area contributed by atoms with E-state index in [0.717, 1.165) is 15.9 Å². The molecule has 3 rings (SSSR count). The number of aromatic nitrogens is 4. The molecule has 0 bridgehead atoms. The molecule has 0 aliphatic rings. The molecule has 0 aliphatic heterocycles. The Kier molecular flexibility index (Phi) is 5.58. The van der Waals surface area contributed by atoms with E-state index in [2.05, 4.69) is 15.5 Å². The molecule has 0 atom stereocenters. The molecule has 148 valence electrons. The highest BCUT2D eigenvalue weighted by atomic mass is 19.3. The Labute approximate surface area is 162 Å². The first-order chi connectivity index (χ1) is 13.2. The van der Waals surface area contributed by atoms with Crippen LogP contribution in [0, 0.1) is 0 Å². The number of nitrogens with one attached hydrogen (secondary N) is 1. The molecule has 0 aliphatic carbocycles. The van der Waals surface area contributed by atoms with Crippen molar-refractivity contribution in [2.45, 2.75) is 45.7 Å². The van der Waals surface area contributed by atoms with E-state index in [4.69, 9.17) is 0 Å². The van der Waals surface area contributed by atoms with Crippen LogP contribution in [0.4, 0.5) is 14.6 Å². The fraction of sp³-hybridized carbons (Fsp3) is 0.350. The summed E-state index contributed by atoms with van der Waals surface area (Å²) in [5.74, 6) is 0.0601. The number of carbonyl (C=O) groups excluding carboxylic acids is 1. The third kappa shape index (κ3) is 4.82. The Morgan fingerprint density at radius 1 is 1.14 bits per heavy atom. The summed E-state index contributed by atoms with van der Waals surface area (Å²) in [4.78, 5) is 12.6. The standard InChI is InChI=1S/C20H23F2N5O/c1-20(2,3)16-11-18(27(25-16)12-14-7-5-4-6-8-14)23-19(28)15-9-10-26(24-15)13-17(21)22/h4-11,17H,12-13H2,1-3H3,(H,23,28). The van der Waals surface area contributed by atoms with Crippen LogP contribution < -0.4 is 5.32 Å². The average Bonchev–Trinajstić information content (AvgIpc) is 3.23. The van der Waals surface area contributed by atoms with Crippen molar-refractivity contribution in [2.24, 2.45) is 0 Å². The number of anilines is 1. The summed E-state index contributed by atoms with van der Waals surface area (Å²) in [6.45, 7) is 6.07. The number of alkyl halides is 2. The number of halogens is 2. The molecule has 1 amide bonds. The second-order valence-electron chi connectivity index (χ2n) is 7.58. The topological polar surface area (TPSA) is 64.7 Å². The summed E-state index contributed by atoms with van der Waals surface area (Å²) in [6.07, 6.45) is -1.17. The molecular formula is C20H23F2N5O. The van der Waals surface area contributed by atoms with Crippen molar-refractivity contribution in [1.29, 1.82) is 0 Å². The summed E-state index contributed by atoms with van der Waals surface area (Å²) in [6, 6.07) is 13.0. The van der Waals surface area contributed by atoms with E-state index in [0.29, 0.717) is 12.4 Å². The zero-order valence-corrected chi connectivity index (χ0v) is 16.1. The highest BCUT2D eigenvalue weighted by molar-refractivity contribution is 6.02. The fourth-order valence-electron chi connectivity index (χ4n) is 2.67. The summed E-state index contributed by atoms with van der Waals surface area (Å²) in [5, 5.41) is 11.4. The molecular weight excluding hydrogens is 364 g/mol. The smallest absolute Gasteiger partial charge is 0.277 e. The van der Waals surface area contributed by atoms with E-state index in [1.807, 2.05) is 57.2 Å². The van der Waals surface area contributed by atoms with Crippen molar-refractivity contribution >= 4 is 11.7 Å². The minimum absolute atomic E-state index is 0.0745. The van der Waals surface area contributed by atoms with E-state index in [9.17, 15) is 13.6 Å². The summed E-state index contributed by atoms with van der Waals surface area (Å²) in [7, 11) is 0. The van der Waals surface area contributed by atoms with Gasteiger partial charge in [0.25, 0.3) is 12.3 Å². The molecule has 0 radical (unpaired) electrons. The first-order valence-corrected chi connectivity index (χ1v) is 8.97. The number of rotatable bonds is 6. The van der Waals surface area contributed by atoms with Crippen LogP contribution in [0.1, 0.15) is 42.5 Å². The number of carbonyl (C=O) groups is 1. The van der Waals surface area contributed by atoms with Crippen molar-refractivity contribution in [1.82, 2.24) is 19.6 Å². The lowest BCUT2D eigenvalue weighted by molar-refractivity contribution is 0.101. The lowest BCUT2D eigenvalue weighted by Crippen LogP contribution is -2.17. The van der Waals surface area contributed by atoms with Crippen LogP contribution in [0.15, 0.2) is 48.7 Å². The number of hydrogen-bond donors (Lipinski definition) is 1. The third-order valence-electron chi connectivity index (χ3n) is 4.16. The first kappa shape index (κ1) is 19.7. The predicted molar refractivity (Wildman–Crippen MR) is 103 cm³/mol. The number of nitrogens with zero attached hydrogens (tertiary/aromatic N) is 4. The van der Waals surface area contributed by atoms with Gasteiger partial charge in [-0.15, -0.1) is 0 Å². The van der Waals surface area contributed by atoms with Crippen molar-refractivity contribution in [2.75, 3.05) is 5.32 Å². The maximum atomic E-state index is 12.6. The molecule has 2 aromatic heterocycles. The molecule has 6 nitrogen and oxygen atoms in total. The Morgan fingerprint density at radius 2 is 1.86 bits per heavy atom. The Balaban J connectivity index is 1.84. The van der Waals surface area contributed by atoms with Gasteiger partial charge in [-0.3, -0.25) is 9.48 Å². The number of hydrogen-bond acceptors (Lipinski definition) is 3. The van der Waals surface area contributed by atoms with E-state index in [1.54, 1.807) is 4.68 Å². The molecule has 28 heavy (non-hydrogen) atoms. The highest BCUT2D eigenvalue weighted by Gasteiger charge is 2.22. The Hall–Kier alpha value is -3.03. The van der Waals surface area contributed by atoms with Crippen LogP contribution in [0.3, 0.4) is 0 Å². The molecule has 0 spiro atoms. The first-order valence-electron chi connectivity index (χ1n) is 8.97. The van der Waals surface area contributed by atoms with Gasteiger partial charge in [0.2, 0.25) is 0 Å². The zero-order valence-electron chi connectivity index (χ0n) is 16.1. The van der Waals surface area contributed by atoms with Crippen LogP contribution in [-0.4, -0.2) is 31.9 Å². The lowest BCUT2D eigenvalue weighted by Gasteiger charge is -2.14. The minimum Gasteiger partial charge on any atom is -0.305 e. The Bertz CT molecular complexity index is 941. The quantitative estimate of drug-likeness (QED) is 0.697. The van der Waals surface area contributed by atoms with Gasteiger partial charge in [0.1, 0.15) is 12.4 Å². The van der Waals surface area contributed by atoms with Crippen molar-refractivity contribution in [3.05, 3.63) is 65.6 Å². The van der Waals surface area contributed by atoms with Crippen LogP contribution in [0.2, 0.25) is 0 Å². The summed E-state index contributed by atoms with van der Waals surface area (Å²) in [5.41, 5.74) is 1.76. The summed E-state index contributed by atoms with van der Waals surface area (Å²) >= 11 is 0. The average molecular weight is 387 g/mol. The second kappa shape index (κ2) is 7.92. The highest BCUT2D eigenvalue weighted by Crippen LogP contribution is 2.25. The molecule has 1 N–H and O–H groups in total. The largest absolute Gasteiger partial charge is 0.305 e. The van der Waals surface area contributed by atoms with Gasteiger partial charge in [0.05, 0.1) is 12.2 Å². The van der Waals surface area contributed by atoms with Gasteiger partial charge >= 0.3 is 0 Å².